The van der Waals surface area contributed by atoms with E-state index in [0.717, 1.165) is 20.6 Å². The Bertz CT molecular complexity index is 1280. The average molecular weight is 547 g/mol. The summed E-state index contributed by atoms with van der Waals surface area (Å²) >= 11 is 4.87. The summed E-state index contributed by atoms with van der Waals surface area (Å²) in [5.74, 6) is 0.379. The van der Waals surface area contributed by atoms with Gasteiger partial charge in [0.15, 0.2) is 0 Å². The molecule has 4 aromatic rings. The molecule has 0 spiro atoms. The topological polar surface area (TPSA) is 67.4 Å². The molecule has 35 heavy (non-hydrogen) atoms. The van der Waals surface area contributed by atoms with E-state index in [1.807, 2.05) is 78.9 Å². The number of nitrogens with one attached hydrogen (secondary N) is 2. The molecule has 0 radical (unpaired) electrons. The minimum Gasteiger partial charge on any atom is -0.497 e. The van der Waals surface area contributed by atoms with Crippen LogP contribution in [0.25, 0.3) is 0 Å². The standard InChI is InChI=1S/C28H23BrN2O3S/c1-34-24-15-7-20(8-16-24)27(32)30-23-13-17-25(18-14-23)35-26(19-5-3-2-4-6-19)28(33)31-22-11-9-21(29)10-12-22/h2-18,26H,1H3,(H,30,32)(H,31,33). The van der Waals surface area contributed by atoms with Gasteiger partial charge in [-0.3, -0.25) is 9.59 Å². The number of ether oxygens (including phenoxy) is 1. The van der Waals surface area contributed by atoms with E-state index in [-0.39, 0.29) is 11.8 Å². The lowest BCUT2D eigenvalue weighted by atomic mass is 10.1. The normalized spacial score (nSPS) is 11.4. The number of hydrogen-bond acceptors (Lipinski definition) is 4. The molecule has 0 heterocycles. The maximum Gasteiger partial charge on any atom is 0.255 e. The zero-order chi connectivity index (χ0) is 24.6. The first-order chi connectivity index (χ1) is 17.0. The largest absolute Gasteiger partial charge is 0.497 e. The summed E-state index contributed by atoms with van der Waals surface area (Å²) in [5, 5.41) is 5.46. The Morgan fingerprint density at radius 1 is 0.771 bits per heavy atom. The quantitative estimate of drug-likeness (QED) is 0.229. The fraction of sp³-hybridized carbons (Fsp3) is 0.0714. The van der Waals surface area contributed by atoms with Gasteiger partial charge in [-0.2, -0.15) is 0 Å². The molecule has 0 aliphatic heterocycles. The monoisotopic (exact) mass is 546 g/mol. The van der Waals surface area contributed by atoms with E-state index in [1.54, 1.807) is 31.4 Å². The van der Waals surface area contributed by atoms with E-state index in [0.29, 0.717) is 17.0 Å². The van der Waals surface area contributed by atoms with Crippen LogP contribution in [0.15, 0.2) is 112 Å². The Balaban J connectivity index is 1.46. The van der Waals surface area contributed by atoms with Crippen molar-refractivity contribution in [3.05, 3.63) is 119 Å². The molecular weight excluding hydrogens is 524 g/mol. The van der Waals surface area contributed by atoms with Crippen LogP contribution in [0.2, 0.25) is 0 Å². The molecule has 5 nitrogen and oxygen atoms in total. The highest BCUT2D eigenvalue weighted by Crippen LogP contribution is 2.36. The van der Waals surface area contributed by atoms with Crippen LogP contribution < -0.4 is 15.4 Å². The summed E-state index contributed by atoms with van der Waals surface area (Å²) in [4.78, 5) is 26.6. The van der Waals surface area contributed by atoms with Crippen LogP contribution in [0.5, 0.6) is 5.75 Å². The number of carbonyl (C=O) groups is 2. The lowest BCUT2D eigenvalue weighted by Crippen LogP contribution is -2.19. The Morgan fingerprint density at radius 2 is 1.37 bits per heavy atom. The zero-order valence-electron chi connectivity index (χ0n) is 18.9. The summed E-state index contributed by atoms with van der Waals surface area (Å²) in [7, 11) is 1.58. The molecule has 0 aliphatic carbocycles. The number of carbonyl (C=O) groups excluding carboxylic acids is 2. The van der Waals surface area contributed by atoms with E-state index in [4.69, 9.17) is 4.74 Å². The lowest BCUT2D eigenvalue weighted by molar-refractivity contribution is -0.115. The van der Waals surface area contributed by atoms with Crippen molar-refractivity contribution in [3.8, 4) is 5.75 Å². The molecule has 1 atom stereocenters. The van der Waals surface area contributed by atoms with E-state index < -0.39 is 5.25 Å². The van der Waals surface area contributed by atoms with Crippen LogP contribution in [0.1, 0.15) is 21.2 Å². The van der Waals surface area contributed by atoms with Gasteiger partial charge in [0.05, 0.1) is 7.11 Å². The molecule has 0 bridgehead atoms. The van der Waals surface area contributed by atoms with Crippen molar-refractivity contribution in [2.45, 2.75) is 10.1 Å². The van der Waals surface area contributed by atoms with Crippen LogP contribution >= 0.6 is 27.7 Å². The second-order valence-corrected chi connectivity index (χ2v) is 9.71. The van der Waals surface area contributed by atoms with Gasteiger partial charge in [0, 0.05) is 26.3 Å². The molecule has 1 unspecified atom stereocenters. The number of thioether (sulfide) groups is 1. The van der Waals surface area contributed by atoms with Crippen molar-refractivity contribution in [2.24, 2.45) is 0 Å². The molecule has 2 amide bonds. The molecule has 176 valence electrons. The maximum atomic E-state index is 13.2. The van der Waals surface area contributed by atoms with E-state index in [1.165, 1.54) is 11.8 Å². The minimum atomic E-state index is -0.445. The van der Waals surface area contributed by atoms with Crippen molar-refractivity contribution in [1.82, 2.24) is 0 Å². The molecule has 2 N–H and O–H groups in total. The van der Waals surface area contributed by atoms with Crippen LogP contribution in [-0.2, 0) is 4.79 Å². The third-order valence-electron chi connectivity index (χ3n) is 5.17. The number of hydrogen-bond donors (Lipinski definition) is 2. The van der Waals surface area contributed by atoms with Gasteiger partial charge in [0.2, 0.25) is 5.91 Å². The van der Waals surface area contributed by atoms with Gasteiger partial charge in [-0.25, -0.2) is 0 Å². The third-order valence-corrected chi connectivity index (χ3v) is 6.97. The highest BCUT2D eigenvalue weighted by atomic mass is 79.9. The Morgan fingerprint density at radius 3 is 2.00 bits per heavy atom. The Labute approximate surface area is 217 Å². The van der Waals surface area contributed by atoms with Gasteiger partial charge < -0.3 is 15.4 Å². The highest BCUT2D eigenvalue weighted by Gasteiger charge is 2.22. The SMILES string of the molecule is COc1ccc(C(=O)Nc2ccc(SC(C(=O)Nc3ccc(Br)cc3)c3ccccc3)cc2)cc1. The van der Waals surface area contributed by atoms with E-state index in [9.17, 15) is 9.59 Å². The molecule has 0 saturated carbocycles. The van der Waals surface area contributed by atoms with Crippen molar-refractivity contribution in [2.75, 3.05) is 17.7 Å². The number of halogens is 1. The van der Waals surface area contributed by atoms with Gasteiger partial charge >= 0.3 is 0 Å². The molecule has 7 heteroatoms. The Kier molecular flexibility index (Phi) is 8.23. The lowest BCUT2D eigenvalue weighted by Gasteiger charge is -2.17. The molecule has 4 rings (SSSR count). The smallest absolute Gasteiger partial charge is 0.255 e. The predicted octanol–water partition coefficient (Wildman–Crippen LogP) is 7.18. The first-order valence-electron chi connectivity index (χ1n) is 10.9. The summed E-state index contributed by atoms with van der Waals surface area (Å²) in [6.45, 7) is 0. The van der Waals surface area contributed by atoms with Gasteiger partial charge in [-0.15, -0.1) is 11.8 Å². The first kappa shape index (κ1) is 24.6. The van der Waals surface area contributed by atoms with Gasteiger partial charge in [0.25, 0.3) is 5.91 Å². The van der Waals surface area contributed by atoms with Gasteiger partial charge in [-0.1, -0.05) is 46.3 Å². The Hall–Kier alpha value is -3.55. The number of amides is 2. The molecule has 0 fully saturated rings. The summed E-state index contributed by atoms with van der Waals surface area (Å²) in [6, 6.07) is 31.5. The number of rotatable bonds is 8. The van der Waals surface area contributed by atoms with Crippen LogP contribution in [0.4, 0.5) is 11.4 Å². The number of methoxy groups -OCH3 is 1. The fourth-order valence-corrected chi connectivity index (χ4v) is 4.63. The number of anilines is 2. The van der Waals surface area contributed by atoms with Crippen LogP contribution in [0.3, 0.4) is 0 Å². The van der Waals surface area contributed by atoms with Crippen LogP contribution in [0, 0.1) is 0 Å². The van der Waals surface area contributed by atoms with Crippen molar-refractivity contribution >= 4 is 50.9 Å². The minimum absolute atomic E-state index is 0.111. The molecular formula is C28H23BrN2O3S. The third kappa shape index (κ3) is 6.74. The second-order valence-electron chi connectivity index (χ2n) is 7.61. The maximum absolute atomic E-state index is 13.2. The van der Waals surface area contributed by atoms with Gasteiger partial charge in [0.1, 0.15) is 11.0 Å². The summed E-state index contributed by atoms with van der Waals surface area (Å²) in [6.07, 6.45) is 0. The fourth-order valence-electron chi connectivity index (χ4n) is 3.34. The van der Waals surface area contributed by atoms with Crippen molar-refractivity contribution < 1.29 is 14.3 Å². The summed E-state index contributed by atoms with van der Waals surface area (Å²) < 4.78 is 6.08. The molecule has 0 aliphatic rings. The molecule has 0 aromatic heterocycles. The van der Waals surface area contributed by atoms with Gasteiger partial charge in [-0.05, 0) is 78.4 Å². The molecule has 4 aromatic carbocycles. The second kappa shape index (κ2) is 11.7. The highest BCUT2D eigenvalue weighted by molar-refractivity contribution is 9.10. The van der Waals surface area contributed by atoms with Crippen molar-refractivity contribution in [1.29, 1.82) is 0 Å². The zero-order valence-corrected chi connectivity index (χ0v) is 21.3. The average Bonchev–Trinajstić information content (AvgIpc) is 2.90. The predicted molar refractivity (Wildman–Crippen MR) is 145 cm³/mol. The van der Waals surface area contributed by atoms with Crippen molar-refractivity contribution in [3.63, 3.8) is 0 Å². The summed E-state index contributed by atoms with van der Waals surface area (Å²) in [5.41, 5.74) is 2.85. The number of benzene rings is 4. The first-order valence-corrected chi connectivity index (χ1v) is 12.5. The van der Waals surface area contributed by atoms with Crippen LogP contribution in [-0.4, -0.2) is 18.9 Å². The van der Waals surface area contributed by atoms with E-state index >= 15 is 0 Å². The van der Waals surface area contributed by atoms with E-state index in [2.05, 4.69) is 26.6 Å². The molecule has 0 saturated heterocycles.